The van der Waals surface area contributed by atoms with Crippen LogP contribution >= 0.6 is 0 Å². The summed E-state index contributed by atoms with van der Waals surface area (Å²) in [5.74, 6) is 0.635. The smallest absolute Gasteiger partial charge is 0.227 e. The van der Waals surface area contributed by atoms with Crippen molar-refractivity contribution in [3.63, 3.8) is 0 Å². The van der Waals surface area contributed by atoms with Gasteiger partial charge in [-0.1, -0.05) is 32.4 Å². The number of benzene rings is 1. The van der Waals surface area contributed by atoms with Crippen molar-refractivity contribution in [3.8, 4) is 0 Å². The number of hydrogen-bond acceptors (Lipinski definition) is 6. The molecule has 0 spiro atoms. The lowest BCUT2D eigenvalue weighted by Gasteiger charge is -2.36. The van der Waals surface area contributed by atoms with E-state index in [1.807, 2.05) is 13.1 Å². The quantitative estimate of drug-likeness (QED) is 0.681. The second-order valence-electron chi connectivity index (χ2n) is 10.1. The van der Waals surface area contributed by atoms with Gasteiger partial charge in [0.05, 0.1) is 5.69 Å². The molecule has 0 amide bonds. The first kappa shape index (κ1) is 24.2. The van der Waals surface area contributed by atoms with Gasteiger partial charge in [-0.25, -0.2) is 9.97 Å². The molecule has 1 fully saturated rings. The summed E-state index contributed by atoms with van der Waals surface area (Å²) in [4.78, 5) is 16.5. The molecular weight excluding hydrogens is 396 g/mol. The molecule has 0 unspecified atom stereocenters. The van der Waals surface area contributed by atoms with Crippen molar-refractivity contribution in [1.82, 2.24) is 19.8 Å². The van der Waals surface area contributed by atoms with E-state index in [9.17, 15) is 0 Å². The van der Waals surface area contributed by atoms with Crippen LogP contribution in [0, 0.1) is 12.3 Å². The molecular formula is C26H40N6. The minimum absolute atomic E-state index is 0.143. The topological polar surface area (TPSA) is 47.5 Å². The zero-order valence-electron chi connectivity index (χ0n) is 20.9. The zero-order chi connectivity index (χ0) is 23.3. The van der Waals surface area contributed by atoms with E-state index in [1.165, 1.54) is 11.3 Å². The first-order valence-corrected chi connectivity index (χ1v) is 11.6. The molecule has 0 saturated carbocycles. The molecule has 0 bridgehead atoms. The van der Waals surface area contributed by atoms with Crippen molar-refractivity contribution < 1.29 is 0 Å². The van der Waals surface area contributed by atoms with Gasteiger partial charge in [0.1, 0.15) is 0 Å². The molecule has 0 atom stereocenters. The summed E-state index contributed by atoms with van der Waals surface area (Å²) in [6, 6.07) is 8.61. The van der Waals surface area contributed by atoms with Gasteiger partial charge in [0.25, 0.3) is 0 Å². The normalized spacial score (nSPS) is 16.0. The van der Waals surface area contributed by atoms with Crippen LogP contribution < -0.4 is 10.2 Å². The molecule has 1 aliphatic rings. The van der Waals surface area contributed by atoms with Crippen molar-refractivity contribution in [2.24, 2.45) is 5.41 Å². The summed E-state index contributed by atoms with van der Waals surface area (Å²) < 4.78 is 0. The molecule has 1 aromatic carbocycles. The van der Waals surface area contributed by atoms with Gasteiger partial charge >= 0.3 is 0 Å². The summed E-state index contributed by atoms with van der Waals surface area (Å²) in [5.41, 5.74) is 5.80. The number of allylic oxidation sites excluding steroid dienone is 1. The first-order valence-electron chi connectivity index (χ1n) is 11.6. The third-order valence-corrected chi connectivity index (χ3v) is 6.30. The predicted octanol–water partition coefficient (Wildman–Crippen LogP) is 4.66. The molecule has 1 N–H and O–H groups in total. The van der Waals surface area contributed by atoms with E-state index >= 15 is 0 Å². The van der Waals surface area contributed by atoms with Gasteiger partial charge in [-0.3, -0.25) is 4.90 Å². The molecule has 2 heterocycles. The molecule has 1 aliphatic heterocycles. The van der Waals surface area contributed by atoms with Crippen LogP contribution in [-0.2, 0) is 0 Å². The van der Waals surface area contributed by atoms with Crippen molar-refractivity contribution >= 4 is 23.4 Å². The fraction of sp³-hybridized carbons (Fsp3) is 0.538. The van der Waals surface area contributed by atoms with Crippen LogP contribution in [0.1, 0.15) is 39.0 Å². The number of nitrogens with zero attached hydrogens (tertiary/aromatic N) is 5. The van der Waals surface area contributed by atoms with Crippen LogP contribution in [0.25, 0.3) is 6.08 Å². The van der Waals surface area contributed by atoms with E-state index in [2.05, 4.69) is 102 Å². The molecule has 32 heavy (non-hydrogen) atoms. The highest BCUT2D eigenvalue weighted by Gasteiger charge is 2.17. The van der Waals surface area contributed by atoms with E-state index < -0.39 is 0 Å². The van der Waals surface area contributed by atoms with Crippen LogP contribution in [0.2, 0.25) is 0 Å². The second kappa shape index (κ2) is 10.5. The number of nitrogens with one attached hydrogen (secondary N) is 1. The number of aromatic nitrogens is 2. The number of anilines is 3. The molecule has 0 aliphatic carbocycles. The Morgan fingerprint density at radius 1 is 1.09 bits per heavy atom. The fourth-order valence-corrected chi connectivity index (χ4v) is 3.58. The third-order valence-electron chi connectivity index (χ3n) is 6.30. The lowest BCUT2D eigenvalue weighted by molar-refractivity contribution is 0.229. The Kier molecular flexibility index (Phi) is 7.91. The first-order chi connectivity index (χ1) is 15.1. The average molecular weight is 437 g/mol. The van der Waals surface area contributed by atoms with Crippen molar-refractivity contribution in [1.29, 1.82) is 0 Å². The number of rotatable bonds is 7. The number of hydrogen-bond donors (Lipinski definition) is 1. The summed E-state index contributed by atoms with van der Waals surface area (Å²) >= 11 is 0. The van der Waals surface area contributed by atoms with Crippen molar-refractivity contribution in [3.05, 3.63) is 47.3 Å². The summed E-state index contributed by atoms with van der Waals surface area (Å²) in [6.07, 6.45) is 4.10. The van der Waals surface area contributed by atoms with Crippen molar-refractivity contribution in [2.45, 2.75) is 34.6 Å². The van der Waals surface area contributed by atoms with Gasteiger partial charge in [0.2, 0.25) is 5.95 Å². The lowest BCUT2D eigenvalue weighted by atomic mass is 9.86. The highest BCUT2D eigenvalue weighted by molar-refractivity contribution is 5.61. The van der Waals surface area contributed by atoms with Gasteiger partial charge < -0.3 is 15.1 Å². The molecule has 6 heteroatoms. The second-order valence-corrected chi connectivity index (χ2v) is 10.1. The third kappa shape index (κ3) is 6.78. The monoisotopic (exact) mass is 436 g/mol. The Hall–Kier alpha value is -2.44. The van der Waals surface area contributed by atoms with Gasteiger partial charge in [-0.2, -0.15) is 0 Å². The maximum Gasteiger partial charge on any atom is 0.227 e. The average Bonchev–Trinajstić information content (AvgIpc) is 2.74. The van der Waals surface area contributed by atoms with Crippen molar-refractivity contribution in [2.75, 3.05) is 63.6 Å². The van der Waals surface area contributed by atoms with E-state index in [0.29, 0.717) is 5.95 Å². The summed E-state index contributed by atoms with van der Waals surface area (Å²) in [6.45, 7) is 17.5. The van der Waals surface area contributed by atoms with Crippen LogP contribution in [0.3, 0.4) is 0 Å². The van der Waals surface area contributed by atoms with Crippen LogP contribution in [-0.4, -0.2) is 73.1 Å². The number of aryl methyl sites for hydroxylation is 1. The predicted molar refractivity (Wildman–Crippen MR) is 137 cm³/mol. The highest BCUT2D eigenvalue weighted by atomic mass is 15.3. The Labute approximate surface area is 194 Å². The summed E-state index contributed by atoms with van der Waals surface area (Å²) in [7, 11) is 4.27. The maximum absolute atomic E-state index is 4.67. The molecule has 174 valence electrons. The number of piperazine rings is 1. The molecule has 0 radical (unpaired) electrons. The van der Waals surface area contributed by atoms with E-state index in [4.69, 9.17) is 0 Å². The van der Waals surface area contributed by atoms with Gasteiger partial charge in [-0.05, 0) is 57.6 Å². The van der Waals surface area contributed by atoms with E-state index in [0.717, 1.165) is 56.2 Å². The molecule has 3 rings (SSSR count). The fourth-order valence-electron chi connectivity index (χ4n) is 3.58. The van der Waals surface area contributed by atoms with E-state index in [-0.39, 0.29) is 5.41 Å². The largest absolute Gasteiger partial charge is 0.369 e. The van der Waals surface area contributed by atoms with Gasteiger partial charge in [-0.15, -0.1) is 0 Å². The number of likely N-dealkylation sites (N-methyl/N-ethyl adjacent to an activating group) is 1. The summed E-state index contributed by atoms with van der Waals surface area (Å²) in [5, 5.41) is 3.35. The minimum atomic E-state index is 0.143. The SMILES string of the molecule is C/C(=C\c1cnc(Nc2ccc(N3CCN(CCN(C)C)CC3)cc2)nc1C)C(C)(C)C. The van der Waals surface area contributed by atoms with Gasteiger partial charge in [0.15, 0.2) is 0 Å². The zero-order valence-corrected chi connectivity index (χ0v) is 20.9. The molecule has 1 saturated heterocycles. The maximum atomic E-state index is 4.67. The van der Waals surface area contributed by atoms with Crippen LogP contribution in [0.15, 0.2) is 36.0 Å². The standard InChI is InChI=1S/C26H40N6/c1-20(26(3,4)5)18-22-19-27-25(28-21(22)2)29-23-8-10-24(11-9-23)32-16-14-31(15-17-32)13-12-30(6)7/h8-11,18-19H,12-17H2,1-7H3,(H,27,28,29)/b20-18+. The minimum Gasteiger partial charge on any atom is -0.369 e. The van der Waals surface area contributed by atoms with Gasteiger partial charge in [0, 0.05) is 62.4 Å². The Morgan fingerprint density at radius 3 is 2.31 bits per heavy atom. The molecule has 6 nitrogen and oxygen atoms in total. The molecule has 2 aromatic rings. The highest BCUT2D eigenvalue weighted by Crippen LogP contribution is 2.27. The Bertz CT molecular complexity index is 903. The van der Waals surface area contributed by atoms with E-state index in [1.54, 1.807) is 0 Å². The lowest BCUT2D eigenvalue weighted by Crippen LogP contribution is -2.48. The Balaban J connectivity index is 1.58. The van der Waals surface area contributed by atoms with Crippen LogP contribution in [0.4, 0.5) is 17.3 Å². The van der Waals surface area contributed by atoms with Crippen LogP contribution in [0.5, 0.6) is 0 Å². The molecule has 1 aromatic heterocycles. The Morgan fingerprint density at radius 2 is 1.75 bits per heavy atom.